The van der Waals surface area contributed by atoms with Crippen LogP contribution in [0.3, 0.4) is 0 Å². The van der Waals surface area contributed by atoms with E-state index < -0.39 is 0 Å². The summed E-state index contributed by atoms with van der Waals surface area (Å²) in [6.07, 6.45) is 1.77. The van der Waals surface area contributed by atoms with Crippen molar-refractivity contribution in [3.05, 3.63) is 0 Å². The number of amides is 2. The van der Waals surface area contributed by atoms with Gasteiger partial charge in [-0.25, -0.2) is 0 Å². The van der Waals surface area contributed by atoms with Crippen LogP contribution < -0.4 is 0 Å². The van der Waals surface area contributed by atoms with E-state index in [1.807, 2.05) is 6.92 Å². The highest BCUT2D eigenvalue weighted by atomic mass is 16.5. The lowest BCUT2D eigenvalue weighted by Gasteiger charge is -2.29. The molecule has 1 fully saturated rings. The number of ether oxygens (including phenoxy) is 1. The van der Waals surface area contributed by atoms with Crippen LogP contribution in [0, 0.1) is 0 Å². The van der Waals surface area contributed by atoms with Crippen molar-refractivity contribution in [1.82, 2.24) is 4.90 Å². The minimum Gasteiger partial charge on any atom is -0.460 e. The third-order valence-corrected chi connectivity index (χ3v) is 3.23. The molecule has 2 amide bonds. The Balaban J connectivity index is 2.80. The number of rotatable bonds is 5. The van der Waals surface area contributed by atoms with Gasteiger partial charge in [-0.05, 0) is 12.8 Å². The van der Waals surface area contributed by atoms with Crippen molar-refractivity contribution in [2.45, 2.75) is 65.0 Å². The van der Waals surface area contributed by atoms with Crippen LogP contribution in [0.15, 0.2) is 0 Å². The van der Waals surface area contributed by atoms with Gasteiger partial charge < -0.3 is 4.74 Å². The second-order valence-corrected chi connectivity index (χ2v) is 4.41. The number of hydrogen-bond acceptors (Lipinski definition) is 4. The molecule has 0 bridgehead atoms. The fourth-order valence-corrected chi connectivity index (χ4v) is 2.24. The molecule has 0 N–H and O–H groups in total. The summed E-state index contributed by atoms with van der Waals surface area (Å²) in [4.78, 5) is 36.1. The SMILES string of the molecule is CCC(=O)OC(CC)C1CCC(=O)N1C(=O)CC. The Morgan fingerprint density at radius 2 is 2.00 bits per heavy atom. The first kappa shape index (κ1) is 14.7. The molecule has 1 aliphatic rings. The molecule has 2 atom stereocenters. The average molecular weight is 255 g/mol. The molecule has 2 unspecified atom stereocenters. The standard InChI is InChI=1S/C13H21NO4/c1-4-10(18-13(17)6-3)9-7-8-12(16)14(9)11(15)5-2/h9-10H,4-8H2,1-3H3. The Hall–Kier alpha value is -1.39. The zero-order valence-corrected chi connectivity index (χ0v) is 11.3. The Morgan fingerprint density at radius 3 is 2.50 bits per heavy atom. The summed E-state index contributed by atoms with van der Waals surface area (Å²) in [7, 11) is 0. The lowest BCUT2D eigenvalue weighted by Crippen LogP contribution is -2.46. The molecule has 0 saturated carbocycles. The van der Waals surface area contributed by atoms with Crippen molar-refractivity contribution >= 4 is 17.8 Å². The molecule has 102 valence electrons. The van der Waals surface area contributed by atoms with Crippen LogP contribution >= 0.6 is 0 Å². The van der Waals surface area contributed by atoms with Crippen molar-refractivity contribution in [2.24, 2.45) is 0 Å². The van der Waals surface area contributed by atoms with Crippen molar-refractivity contribution in [2.75, 3.05) is 0 Å². The van der Waals surface area contributed by atoms with Crippen LogP contribution in [0.5, 0.6) is 0 Å². The minimum atomic E-state index is -0.376. The second kappa shape index (κ2) is 6.52. The molecule has 0 aromatic rings. The number of carbonyl (C=O) groups is 3. The van der Waals surface area contributed by atoms with Crippen LogP contribution in [0.25, 0.3) is 0 Å². The molecular weight excluding hydrogens is 234 g/mol. The number of hydrogen-bond donors (Lipinski definition) is 0. The first-order chi connectivity index (χ1) is 8.54. The van der Waals surface area contributed by atoms with Crippen LogP contribution in [-0.2, 0) is 19.1 Å². The van der Waals surface area contributed by atoms with E-state index >= 15 is 0 Å². The minimum absolute atomic E-state index is 0.155. The van der Waals surface area contributed by atoms with E-state index in [-0.39, 0.29) is 29.9 Å². The summed E-state index contributed by atoms with van der Waals surface area (Å²) in [6.45, 7) is 5.35. The smallest absolute Gasteiger partial charge is 0.305 e. The third kappa shape index (κ3) is 3.09. The summed E-state index contributed by atoms with van der Waals surface area (Å²) >= 11 is 0. The molecule has 0 spiro atoms. The van der Waals surface area contributed by atoms with Gasteiger partial charge in [-0.2, -0.15) is 0 Å². The Kier molecular flexibility index (Phi) is 5.31. The summed E-state index contributed by atoms with van der Waals surface area (Å²) < 4.78 is 5.32. The number of carbonyl (C=O) groups excluding carboxylic acids is 3. The van der Waals surface area contributed by atoms with Gasteiger partial charge in [-0.3, -0.25) is 19.3 Å². The van der Waals surface area contributed by atoms with Crippen LogP contribution in [0.1, 0.15) is 52.9 Å². The predicted octanol–water partition coefficient (Wildman–Crippen LogP) is 1.65. The lowest BCUT2D eigenvalue weighted by atomic mass is 10.1. The van der Waals surface area contributed by atoms with Crippen LogP contribution in [-0.4, -0.2) is 34.8 Å². The van der Waals surface area contributed by atoms with Gasteiger partial charge in [0.15, 0.2) is 0 Å². The van der Waals surface area contributed by atoms with Gasteiger partial charge in [-0.1, -0.05) is 20.8 Å². The highest BCUT2D eigenvalue weighted by Gasteiger charge is 2.40. The molecule has 0 aliphatic carbocycles. The van der Waals surface area contributed by atoms with E-state index in [2.05, 4.69) is 0 Å². The Bertz CT molecular complexity index is 340. The molecular formula is C13H21NO4. The molecule has 5 heteroatoms. The van der Waals surface area contributed by atoms with E-state index in [4.69, 9.17) is 4.74 Å². The van der Waals surface area contributed by atoms with Gasteiger partial charge >= 0.3 is 5.97 Å². The van der Waals surface area contributed by atoms with Crippen molar-refractivity contribution in [3.8, 4) is 0 Å². The first-order valence-corrected chi connectivity index (χ1v) is 6.59. The fourth-order valence-electron chi connectivity index (χ4n) is 2.24. The van der Waals surface area contributed by atoms with Crippen molar-refractivity contribution < 1.29 is 19.1 Å². The number of likely N-dealkylation sites (tertiary alicyclic amines) is 1. The number of imide groups is 1. The number of esters is 1. The van der Waals surface area contributed by atoms with E-state index in [1.54, 1.807) is 13.8 Å². The molecule has 0 radical (unpaired) electrons. The average Bonchev–Trinajstić information content (AvgIpc) is 2.76. The fraction of sp³-hybridized carbons (Fsp3) is 0.769. The quantitative estimate of drug-likeness (QED) is 0.701. The summed E-state index contributed by atoms with van der Waals surface area (Å²) in [6, 6.07) is -0.287. The molecule has 0 aromatic carbocycles. The molecule has 1 rings (SSSR count). The van der Waals surface area contributed by atoms with Gasteiger partial charge in [0, 0.05) is 19.3 Å². The maximum absolute atomic E-state index is 11.8. The highest BCUT2D eigenvalue weighted by Crippen LogP contribution is 2.25. The van der Waals surface area contributed by atoms with E-state index in [9.17, 15) is 14.4 Å². The van der Waals surface area contributed by atoms with Gasteiger partial charge in [0.1, 0.15) is 6.10 Å². The Labute approximate surface area is 107 Å². The summed E-state index contributed by atoms with van der Waals surface area (Å²) in [5, 5.41) is 0. The highest BCUT2D eigenvalue weighted by molar-refractivity contribution is 5.97. The molecule has 1 heterocycles. The van der Waals surface area contributed by atoms with E-state index in [0.29, 0.717) is 32.1 Å². The van der Waals surface area contributed by atoms with E-state index in [0.717, 1.165) is 0 Å². The largest absolute Gasteiger partial charge is 0.460 e. The van der Waals surface area contributed by atoms with E-state index in [1.165, 1.54) is 4.90 Å². The molecule has 5 nitrogen and oxygen atoms in total. The zero-order chi connectivity index (χ0) is 13.7. The van der Waals surface area contributed by atoms with Crippen molar-refractivity contribution in [1.29, 1.82) is 0 Å². The van der Waals surface area contributed by atoms with Crippen LogP contribution in [0.4, 0.5) is 0 Å². The van der Waals surface area contributed by atoms with Gasteiger partial charge in [0.05, 0.1) is 6.04 Å². The molecule has 0 aromatic heterocycles. The van der Waals surface area contributed by atoms with Gasteiger partial charge in [-0.15, -0.1) is 0 Å². The molecule has 1 saturated heterocycles. The molecule has 1 aliphatic heterocycles. The van der Waals surface area contributed by atoms with Gasteiger partial charge in [0.2, 0.25) is 11.8 Å². The maximum Gasteiger partial charge on any atom is 0.305 e. The second-order valence-electron chi connectivity index (χ2n) is 4.41. The third-order valence-electron chi connectivity index (χ3n) is 3.23. The van der Waals surface area contributed by atoms with Crippen LogP contribution in [0.2, 0.25) is 0 Å². The Morgan fingerprint density at radius 1 is 1.33 bits per heavy atom. The summed E-state index contributed by atoms with van der Waals surface area (Å²) in [5.41, 5.74) is 0. The maximum atomic E-state index is 11.8. The first-order valence-electron chi connectivity index (χ1n) is 6.59. The zero-order valence-electron chi connectivity index (χ0n) is 11.3. The summed E-state index contributed by atoms with van der Waals surface area (Å²) in [5.74, 6) is -0.628. The predicted molar refractivity (Wildman–Crippen MR) is 65.6 cm³/mol. The molecule has 18 heavy (non-hydrogen) atoms. The van der Waals surface area contributed by atoms with Gasteiger partial charge in [0.25, 0.3) is 0 Å². The van der Waals surface area contributed by atoms with Crippen molar-refractivity contribution in [3.63, 3.8) is 0 Å². The normalized spacial score (nSPS) is 20.9. The number of nitrogens with zero attached hydrogens (tertiary/aromatic N) is 1. The lowest BCUT2D eigenvalue weighted by molar-refractivity contribution is -0.158. The topological polar surface area (TPSA) is 63.7 Å². The monoisotopic (exact) mass is 255 g/mol.